The first-order valence-electron chi connectivity index (χ1n) is 2.08. The van der Waals surface area contributed by atoms with Crippen LogP contribution in [0.25, 0.3) is 0 Å². The van der Waals surface area contributed by atoms with E-state index in [1.54, 1.807) is 12.1 Å². The Balaban J connectivity index is 0.000000490. The molecule has 1 heterocycles. The summed E-state index contributed by atoms with van der Waals surface area (Å²) in [5.74, 6) is 0. The quantitative estimate of drug-likeness (QED) is 0.319. The summed E-state index contributed by atoms with van der Waals surface area (Å²) in [6, 6.07) is 3.51. The molecular weight excluding hydrogens is 129 g/mol. The zero-order valence-corrected chi connectivity index (χ0v) is 7.93. The van der Waals surface area contributed by atoms with Gasteiger partial charge in [0.2, 0.25) is 0 Å². The Kier molecular flexibility index (Phi) is 5.24. The van der Waals surface area contributed by atoms with Crippen LogP contribution in [0.1, 0.15) is 5.69 Å². The van der Waals surface area contributed by atoms with Gasteiger partial charge in [-0.1, -0.05) is 0 Å². The van der Waals surface area contributed by atoms with Crippen LogP contribution in [-0.2, 0) is 6.61 Å². The van der Waals surface area contributed by atoms with Gasteiger partial charge >= 0.3 is 51.4 Å². The van der Waals surface area contributed by atoms with Crippen molar-refractivity contribution < 1.29 is 56.5 Å². The Morgan fingerprint density at radius 1 is 1.75 bits per heavy atom. The predicted molar refractivity (Wildman–Crippen MR) is 25.6 cm³/mol. The molecule has 0 aliphatic heterocycles. The van der Waals surface area contributed by atoms with Crippen LogP contribution in [0.15, 0.2) is 12.1 Å². The average molecular weight is 135 g/mol. The van der Waals surface area contributed by atoms with Gasteiger partial charge in [0.25, 0.3) is 0 Å². The molecule has 0 bridgehead atoms. The second kappa shape index (κ2) is 4.73. The molecule has 0 amide bonds. The summed E-state index contributed by atoms with van der Waals surface area (Å²) < 4.78 is 0. The van der Waals surface area contributed by atoms with Gasteiger partial charge in [0, 0.05) is 6.61 Å². The third kappa shape index (κ3) is 2.43. The second-order valence-electron chi connectivity index (χ2n) is 1.29. The molecule has 0 saturated heterocycles. The van der Waals surface area contributed by atoms with Crippen LogP contribution in [0.5, 0.6) is 0 Å². The molecule has 1 aromatic rings. The largest absolute Gasteiger partial charge is 1.00 e. The van der Waals surface area contributed by atoms with E-state index in [2.05, 4.69) is 11.2 Å². The topological polar surface area (TPSA) is 36.0 Å². The van der Waals surface area contributed by atoms with Crippen molar-refractivity contribution in [2.75, 3.05) is 0 Å². The van der Waals surface area contributed by atoms with Crippen LogP contribution >= 0.6 is 0 Å². The van der Waals surface area contributed by atoms with Gasteiger partial charge in [0.05, 0.1) is 0 Å². The second-order valence-corrected chi connectivity index (χ2v) is 1.29. The molecule has 0 aromatic carbocycles. The molecule has 1 aromatic heterocycles. The molecule has 3 heteroatoms. The monoisotopic (exact) mass is 135 g/mol. The summed E-state index contributed by atoms with van der Waals surface area (Å²) in [5.41, 5.74) is 0.806. The zero-order valence-electron chi connectivity index (χ0n) is 4.81. The van der Waals surface area contributed by atoms with Gasteiger partial charge in [0.1, 0.15) is 0 Å². The van der Waals surface area contributed by atoms with Gasteiger partial charge in [-0.05, 0) is 0 Å². The molecule has 2 nitrogen and oxygen atoms in total. The fourth-order valence-corrected chi connectivity index (χ4v) is 0.411. The van der Waals surface area contributed by atoms with Gasteiger partial charge in [0.15, 0.2) is 0 Å². The predicted octanol–water partition coefficient (Wildman–Crippen LogP) is -2.69. The van der Waals surface area contributed by atoms with Gasteiger partial charge < -0.3 is 10.1 Å². The Labute approximate surface area is 90.7 Å². The van der Waals surface area contributed by atoms with Crippen molar-refractivity contribution >= 4 is 0 Å². The maximum atomic E-state index is 8.38. The number of hydrogen-bond acceptors (Lipinski definition) is 1. The molecule has 2 N–H and O–H groups in total. The Bertz CT molecular complexity index is 127. The minimum atomic E-state index is 0. The fraction of sp³-hybridized carbons (Fsp3) is 0.200. The standard InChI is InChI=1S/C5H6NO.K/c7-4-5-2-1-3-6-5;/h1-2,6-7H,4H2;/q-1;+1. The Morgan fingerprint density at radius 2 is 2.50 bits per heavy atom. The van der Waals surface area contributed by atoms with Crippen molar-refractivity contribution in [3.05, 3.63) is 24.0 Å². The molecule has 38 valence electrons. The summed E-state index contributed by atoms with van der Waals surface area (Å²) in [7, 11) is 0. The molecule has 0 radical (unpaired) electrons. The first kappa shape index (κ1) is 8.88. The van der Waals surface area contributed by atoms with Crippen molar-refractivity contribution in [2.24, 2.45) is 0 Å². The minimum absolute atomic E-state index is 0. The van der Waals surface area contributed by atoms with Crippen molar-refractivity contribution in [1.29, 1.82) is 0 Å². The summed E-state index contributed by atoms with van der Waals surface area (Å²) in [4.78, 5) is 2.71. The van der Waals surface area contributed by atoms with Crippen molar-refractivity contribution in [1.82, 2.24) is 4.98 Å². The van der Waals surface area contributed by atoms with E-state index in [0.717, 1.165) is 5.69 Å². The minimum Gasteiger partial charge on any atom is -0.479 e. The summed E-state index contributed by atoms with van der Waals surface area (Å²) in [5, 5.41) is 8.38. The average Bonchev–Trinajstić information content (AvgIpc) is 2.14. The number of nitrogens with one attached hydrogen (secondary N) is 1. The molecule has 0 atom stereocenters. The SMILES string of the molecule is OCc1cc[c-][nH]1.[K+]. The zero-order chi connectivity index (χ0) is 5.11. The number of aliphatic hydroxyl groups is 1. The molecule has 0 unspecified atom stereocenters. The van der Waals surface area contributed by atoms with Crippen LogP contribution in [0.2, 0.25) is 0 Å². The van der Waals surface area contributed by atoms with Gasteiger partial charge in [-0.3, -0.25) is 0 Å². The molecule has 8 heavy (non-hydrogen) atoms. The van der Waals surface area contributed by atoms with Gasteiger partial charge in [-0.2, -0.15) is 12.1 Å². The molecule has 0 aliphatic rings. The molecule has 1 rings (SSSR count). The third-order valence-electron chi connectivity index (χ3n) is 0.771. The normalized spacial score (nSPS) is 8.12. The van der Waals surface area contributed by atoms with Crippen LogP contribution < -0.4 is 51.4 Å². The van der Waals surface area contributed by atoms with Crippen LogP contribution in [-0.4, -0.2) is 10.1 Å². The summed E-state index contributed by atoms with van der Waals surface area (Å²) >= 11 is 0. The molecule has 0 fully saturated rings. The fourth-order valence-electron chi connectivity index (χ4n) is 0.411. The van der Waals surface area contributed by atoms with E-state index in [0.29, 0.717) is 0 Å². The van der Waals surface area contributed by atoms with E-state index < -0.39 is 0 Å². The molecule has 0 spiro atoms. The molecular formula is C5H6KNO. The number of H-pyrrole nitrogens is 1. The van der Waals surface area contributed by atoms with E-state index in [1.807, 2.05) is 0 Å². The first-order chi connectivity index (χ1) is 3.43. The van der Waals surface area contributed by atoms with Crippen LogP contribution in [0.3, 0.4) is 0 Å². The number of aromatic nitrogens is 1. The van der Waals surface area contributed by atoms with E-state index in [1.165, 1.54) is 0 Å². The Hall–Kier alpha value is 0.876. The molecule has 0 saturated carbocycles. The molecule has 0 aliphatic carbocycles. The first-order valence-corrected chi connectivity index (χ1v) is 2.08. The van der Waals surface area contributed by atoms with Gasteiger partial charge in [-0.15, -0.1) is 11.9 Å². The Morgan fingerprint density at radius 3 is 2.75 bits per heavy atom. The van der Waals surface area contributed by atoms with Crippen molar-refractivity contribution in [3.63, 3.8) is 0 Å². The summed E-state index contributed by atoms with van der Waals surface area (Å²) in [6.07, 6.45) is 2.70. The van der Waals surface area contributed by atoms with Crippen LogP contribution in [0.4, 0.5) is 0 Å². The maximum absolute atomic E-state index is 8.38. The van der Waals surface area contributed by atoms with E-state index >= 15 is 0 Å². The van der Waals surface area contributed by atoms with Crippen molar-refractivity contribution in [2.45, 2.75) is 6.61 Å². The number of aliphatic hydroxyl groups excluding tert-OH is 1. The number of hydrogen-bond donors (Lipinski definition) is 2. The smallest absolute Gasteiger partial charge is 0.479 e. The van der Waals surface area contributed by atoms with Gasteiger partial charge in [-0.25, -0.2) is 0 Å². The third-order valence-corrected chi connectivity index (χ3v) is 0.771. The maximum Gasteiger partial charge on any atom is 1.00 e. The van der Waals surface area contributed by atoms with E-state index in [9.17, 15) is 0 Å². The van der Waals surface area contributed by atoms with E-state index in [-0.39, 0.29) is 58.0 Å². The number of aromatic amines is 1. The van der Waals surface area contributed by atoms with Crippen LogP contribution in [0, 0.1) is 6.20 Å². The van der Waals surface area contributed by atoms with Crippen molar-refractivity contribution in [3.8, 4) is 0 Å². The number of rotatable bonds is 1. The van der Waals surface area contributed by atoms with E-state index in [4.69, 9.17) is 5.11 Å². The summed E-state index contributed by atoms with van der Waals surface area (Å²) in [6.45, 7) is 0.0729.